The summed E-state index contributed by atoms with van der Waals surface area (Å²) >= 11 is 1.40. The SMILES string of the molecule is Cc1ccc(-n2nc(C)cc2NC(=O)COC(=O)Cc2csc(-c3ccccn3)n2)cc1. The molecular formula is C23H21N5O3S. The molecule has 32 heavy (non-hydrogen) atoms. The van der Waals surface area contributed by atoms with Gasteiger partial charge in [0.05, 0.1) is 29.2 Å². The molecule has 0 saturated heterocycles. The van der Waals surface area contributed by atoms with Crippen LogP contribution in [0.25, 0.3) is 16.4 Å². The number of anilines is 1. The van der Waals surface area contributed by atoms with E-state index in [9.17, 15) is 9.59 Å². The maximum absolute atomic E-state index is 12.4. The van der Waals surface area contributed by atoms with Gasteiger partial charge in [-0.2, -0.15) is 5.10 Å². The van der Waals surface area contributed by atoms with Crippen molar-refractivity contribution in [2.24, 2.45) is 0 Å². The summed E-state index contributed by atoms with van der Waals surface area (Å²) in [5.74, 6) is -0.466. The summed E-state index contributed by atoms with van der Waals surface area (Å²) in [6.07, 6.45) is 1.67. The van der Waals surface area contributed by atoms with Crippen molar-refractivity contribution in [2.45, 2.75) is 20.3 Å². The number of hydrogen-bond acceptors (Lipinski definition) is 7. The summed E-state index contributed by atoms with van der Waals surface area (Å²) < 4.78 is 6.77. The molecule has 0 bridgehead atoms. The number of esters is 1. The number of benzene rings is 1. The summed E-state index contributed by atoms with van der Waals surface area (Å²) in [7, 11) is 0. The number of aromatic nitrogens is 4. The molecule has 0 radical (unpaired) electrons. The monoisotopic (exact) mass is 447 g/mol. The van der Waals surface area contributed by atoms with Crippen LogP contribution in [0.3, 0.4) is 0 Å². The fraction of sp³-hybridized carbons (Fsp3) is 0.174. The molecule has 162 valence electrons. The topological polar surface area (TPSA) is 99.0 Å². The number of carbonyl (C=O) groups excluding carboxylic acids is 2. The predicted octanol–water partition coefficient (Wildman–Crippen LogP) is 3.73. The molecule has 1 aromatic carbocycles. The average Bonchev–Trinajstić information content (AvgIpc) is 3.40. The van der Waals surface area contributed by atoms with E-state index in [-0.39, 0.29) is 6.42 Å². The van der Waals surface area contributed by atoms with E-state index < -0.39 is 18.5 Å². The normalized spacial score (nSPS) is 10.7. The van der Waals surface area contributed by atoms with Crippen molar-refractivity contribution >= 4 is 29.0 Å². The zero-order chi connectivity index (χ0) is 22.5. The molecular weight excluding hydrogens is 426 g/mol. The molecule has 0 spiro atoms. The van der Waals surface area contributed by atoms with Crippen molar-refractivity contribution in [3.63, 3.8) is 0 Å². The minimum atomic E-state index is -0.527. The van der Waals surface area contributed by atoms with Crippen LogP contribution < -0.4 is 5.32 Å². The maximum atomic E-state index is 12.4. The fourth-order valence-corrected chi connectivity index (χ4v) is 3.79. The van der Waals surface area contributed by atoms with Gasteiger partial charge >= 0.3 is 5.97 Å². The van der Waals surface area contributed by atoms with E-state index in [0.29, 0.717) is 11.5 Å². The number of thiazole rings is 1. The van der Waals surface area contributed by atoms with E-state index in [1.807, 2.05) is 56.3 Å². The van der Waals surface area contributed by atoms with Gasteiger partial charge in [0.15, 0.2) is 6.61 Å². The zero-order valence-electron chi connectivity index (χ0n) is 17.6. The van der Waals surface area contributed by atoms with E-state index in [1.165, 1.54) is 11.3 Å². The number of carbonyl (C=O) groups is 2. The van der Waals surface area contributed by atoms with Gasteiger partial charge < -0.3 is 10.1 Å². The number of hydrogen-bond donors (Lipinski definition) is 1. The first-order valence-corrected chi connectivity index (χ1v) is 10.8. The number of nitrogens with one attached hydrogen (secondary N) is 1. The Morgan fingerprint density at radius 1 is 1.12 bits per heavy atom. The Bertz CT molecular complexity index is 1230. The van der Waals surface area contributed by atoms with E-state index >= 15 is 0 Å². The van der Waals surface area contributed by atoms with E-state index in [0.717, 1.165) is 27.6 Å². The molecule has 1 N–H and O–H groups in total. The highest BCUT2D eigenvalue weighted by Crippen LogP contribution is 2.22. The van der Waals surface area contributed by atoms with Crippen LogP contribution in [-0.2, 0) is 20.7 Å². The maximum Gasteiger partial charge on any atom is 0.312 e. The zero-order valence-corrected chi connectivity index (χ0v) is 18.4. The van der Waals surface area contributed by atoms with Crippen LogP contribution in [0, 0.1) is 13.8 Å². The Kier molecular flexibility index (Phi) is 6.37. The Balaban J connectivity index is 1.32. The van der Waals surface area contributed by atoms with Crippen molar-refractivity contribution in [2.75, 3.05) is 11.9 Å². The lowest BCUT2D eigenvalue weighted by molar-refractivity contribution is -0.146. The van der Waals surface area contributed by atoms with Crippen LogP contribution in [-0.4, -0.2) is 38.2 Å². The van der Waals surface area contributed by atoms with Gasteiger partial charge in [-0.3, -0.25) is 14.6 Å². The number of rotatable bonds is 7. The second-order valence-electron chi connectivity index (χ2n) is 7.16. The Labute approximate surface area is 188 Å². The molecule has 1 amide bonds. The molecule has 0 saturated carbocycles. The first kappa shape index (κ1) is 21.4. The van der Waals surface area contributed by atoms with E-state index in [1.54, 1.807) is 22.3 Å². The summed E-state index contributed by atoms with van der Waals surface area (Å²) in [6, 6.07) is 15.1. The molecule has 9 heteroatoms. The number of pyridine rings is 1. The molecule has 0 aliphatic heterocycles. The molecule has 0 atom stereocenters. The van der Waals surface area contributed by atoms with Crippen molar-refractivity contribution < 1.29 is 14.3 Å². The standard InChI is InChI=1S/C23H21N5O3S/c1-15-6-8-18(9-7-15)28-20(11-16(2)27-28)26-21(29)13-31-22(30)12-17-14-32-23(25-17)19-5-3-4-10-24-19/h3-11,14H,12-13H2,1-2H3,(H,26,29). The van der Waals surface area contributed by atoms with Crippen LogP contribution >= 0.6 is 11.3 Å². The summed E-state index contributed by atoms with van der Waals surface area (Å²) in [4.78, 5) is 33.2. The largest absolute Gasteiger partial charge is 0.455 e. The van der Waals surface area contributed by atoms with Crippen LogP contribution in [0.4, 0.5) is 5.82 Å². The number of nitrogens with zero attached hydrogens (tertiary/aromatic N) is 4. The predicted molar refractivity (Wildman–Crippen MR) is 122 cm³/mol. The van der Waals surface area contributed by atoms with E-state index in [4.69, 9.17) is 4.74 Å². The number of aryl methyl sites for hydroxylation is 2. The summed E-state index contributed by atoms with van der Waals surface area (Å²) in [5.41, 5.74) is 4.03. The quantitative estimate of drug-likeness (QED) is 0.434. The highest BCUT2D eigenvalue weighted by molar-refractivity contribution is 7.13. The minimum absolute atomic E-state index is 0.0168. The van der Waals surface area contributed by atoms with Crippen LogP contribution in [0.5, 0.6) is 0 Å². The van der Waals surface area contributed by atoms with Gasteiger partial charge in [0.2, 0.25) is 0 Å². The van der Waals surface area contributed by atoms with Gasteiger partial charge in [0.1, 0.15) is 10.8 Å². The number of ether oxygens (including phenoxy) is 1. The lowest BCUT2D eigenvalue weighted by Gasteiger charge is -2.09. The highest BCUT2D eigenvalue weighted by atomic mass is 32.1. The third-order valence-electron chi connectivity index (χ3n) is 4.50. The summed E-state index contributed by atoms with van der Waals surface area (Å²) in [5, 5.41) is 9.69. The van der Waals surface area contributed by atoms with Crippen molar-refractivity contribution in [1.29, 1.82) is 0 Å². The molecule has 3 aromatic heterocycles. The molecule has 0 unspecified atom stereocenters. The molecule has 0 aliphatic carbocycles. The van der Waals surface area contributed by atoms with Crippen LogP contribution in [0.1, 0.15) is 17.0 Å². The van der Waals surface area contributed by atoms with Crippen molar-refractivity contribution in [3.05, 3.63) is 77.1 Å². The van der Waals surface area contributed by atoms with Gasteiger partial charge in [0, 0.05) is 17.6 Å². The second kappa shape index (κ2) is 9.52. The molecule has 4 rings (SSSR count). The van der Waals surface area contributed by atoms with Gasteiger partial charge in [-0.15, -0.1) is 11.3 Å². The molecule has 4 aromatic rings. The smallest absolute Gasteiger partial charge is 0.312 e. The minimum Gasteiger partial charge on any atom is -0.455 e. The van der Waals surface area contributed by atoms with Gasteiger partial charge in [-0.25, -0.2) is 9.67 Å². The molecule has 0 aliphatic rings. The van der Waals surface area contributed by atoms with Gasteiger partial charge in [0.25, 0.3) is 5.91 Å². The second-order valence-corrected chi connectivity index (χ2v) is 8.02. The van der Waals surface area contributed by atoms with Crippen molar-refractivity contribution in [3.8, 4) is 16.4 Å². The van der Waals surface area contributed by atoms with Gasteiger partial charge in [-0.1, -0.05) is 23.8 Å². The lowest BCUT2D eigenvalue weighted by Crippen LogP contribution is -2.23. The molecule has 0 fully saturated rings. The number of amides is 1. The van der Waals surface area contributed by atoms with Crippen LogP contribution in [0.2, 0.25) is 0 Å². The molecule has 8 nitrogen and oxygen atoms in total. The van der Waals surface area contributed by atoms with Crippen LogP contribution in [0.15, 0.2) is 60.1 Å². The summed E-state index contributed by atoms with van der Waals surface area (Å²) in [6.45, 7) is 3.45. The van der Waals surface area contributed by atoms with Gasteiger partial charge in [-0.05, 0) is 38.1 Å². The van der Waals surface area contributed by atoms with E-state index in [2.05, 4.69) is 20.4 Å². The Hall–Kier alpha value is -3.85. The first-order chi connectivity index (χ1) is 15.5. The average molecular weight is 448 g/mol. The third kappa shape index (κ3) is 5.25. The first-order valence-electron chi connectivity index (χ1n) is 9.93. The van der Waals surface area contributed by atoms with Crippen molar-refractivity contribution in [1.82, 2.24) is 19.7 Å². The third-order valence-corrected chi connectivity index (χ3v) is 5.42. The Morgan fingerprint density at radius 3 is 2.69 bits per heavy atom. The highest BCUT2D eigenvalue weighted by Gasteiger charge is 2.15. The fourth-order valence-electron chi connectivity index (χ4n) is 2.99. The lowest BCUT2D eigenvalue weighted by atomic mass is 10.2. The Morgan fingerprint density at radius 2 is 1.94 bits per heavy atom. The molecule has 3 heterocycles.